The van der Waals surface area contributed by atoms with Gasteiger partial charge < -0.3 is 15.5 Å². The molecular weight excluding hydrogens is 422 g/mol. The minimum absolute atomic E-state index is 0.00194. The van der Waals surface area contributed by atoms with Crippen molar-refractivity contribution in [2.75, 3.05) is 29.9 Å². The number of carbonyl (C=O) groups is 2. The molecule has 0 radical (unpaired) electrons. The van der Waals surface area contributed by atoms with Crippen LogP contribution in [0.15, 0.2) is 48.5 Å². The summed E-state index contributed by atoms with van der Waals surface area (Å²) in [6.45, 7) is 11.2. The summed E-state index contributed by atoms with van der Waals surface area (Å²) in [5.74, 6) is 0.208. The average molecular weight is 464 g/mol. The molecule has 0 bridgehead atoms. The summed E-state index contributed by atoms with van der Waals surface area (Å²) < 4.78 is 0. The van der Waals surface area contributed by atoms with Crippen molar-refractivity contribution < 1.29 is 9.59 Å². The van der Waals surface area contributed by atoms with E-state index in [0.29, 0.717) is 30.1 Å². The van der Waals surface area contributed by atoms with Crippen LogP contribution in [0.25, 0.3) is 0 Å². The molecule has 3 rings (SSSR count). The Hall–Kier alpha value is -2.82. The number of rotatable bonds is 9. The molecule has 1 aliphatic rings. The maximum atomic E-state index is 13.2. The van der Waals surface area contributed by atoms with Gasteiger partial charge in [0.25, 0.3) is 5.91 Å². The first-order chi connectivity index (χ1) is 16.2. The van der Waals surface area contributed by atoms with Gasteiger partial charge in [-0.1, -0.05) is 58.0 Å². The van der Waals surface area contributed by atoms with Crippen LogP contribution in [-0.2, 0) is 11.2 Å². The van der Waals surface area contributed by atoms with E-state index in [0.717, 1.165) is 44.5 Å². The van der Waals surface area contributed by atoms with E-state index in [1.54, 1.807) is 0 Å². The summed E-state index contributed by atoms with van der Waals surface area (Å²) in [6, 6.07) is 15.9. The molecule has 1 aliphatic heterocycles. The van der Waals surface area contributed by atoms with Gasteiger partial charge in [0.15, 0.2) is 0 Å². The van der Waals surface area contributed by atoms with Crippen LogP contribution in [0.3, 0.4) is 0 Å². The van der Waals surface area contributed by atoms with Crippen molar-refractivity contribution in [1.29, 1.82) is 0 Å². The monoisotopic (exact) mass is 463 g/mol. The van der Waals surface area contributed by atoms with Gasteiger partial charge in [-0.25, -0.2) is 0 Å². The van der Waals surface area contributed by atoms with Crippen molar-refractivity contribution in [2.45, 2.75) is 66.2 Å². The molecule has 2 aromatic rings. The van der Waals surface area contributed by atoms with Crippen LogP contribution < -0.4 is 15.5 Å². The van der Waals surface area contributed by atoms with E-state index in [4.69, 9.17) is 0 Å². The van der Waals surface area contributed by atoms with E-state index < -0.39 is 0 Å². The van der Waals surface area contributed by atoms with Crippen molar-refractivity contribution in [3.63, 3.8) is 0 Å². The first-order valence-electron chi connectivity index (χ1n) is 12.7. The molecule has 34 heavy (non-hydrogen) atoms. The van der Waals surface area contributed by atoms with E-state index >= 15 is 0 Å². The molecule has 0 spiro atoms. The number of benzene rings is 2. The van der Waals surface area contributed by atoms with Crippen LogP contribution >= 0.6 is 0 Å². The summed E-state index contributed by atoms with van der Waals surface area (Å²) in [7, 11) is 0. The molecule has 2 amide bonds. The lowest BCUT2D eigenvalue weighted by Gasteiger charge is -2.30. The van der Waals surface area contributed by atoms with Crippen molar-refractivity contribution in [1.82, 2.24) is 5.32 Å². The fraction of sp³-hybridized carbons (Fsp3) is 0.517. The maximum Gasteiger partial charge on any atom is 0.253 e. The average Bonchev–Trinajstić information content (AvgIpc) is 2.79. The predicted octanol–water partition coefficient (Wildman–Crippen LogP) is 6.05. The number of nitrogens with zero attached hydrogens (tertiary/aromatic N) is 1. The van der Waals surface area contributed by atoms with Gasteiger partial charge in [-0.3, -0.25) is 9.59 Å². The van der Waals surface area contributed by atoms with E-state index in [-0.39, 0.29) is 17.2 Å². The quantitative estimate of drug-likeness (QED) is 0.476. The van der Waals surface area contributed by atoms with E-state index in [1.807, 2.05) is 36.4 Å². The van der Waals surface area contributed by atoms with Gasteiger partial charge in [0.05, 0.1) is 5.56 Å². The minimum Gasteiger partial charge on any atom is -0.371 e. The molecule has 1 saturated heterocycles. The number of anilines is 2. The molecule has 2 N–H and O–H groups in total. The van der Waals surface area contributed by atoms with Crippen LogP contribution in [0.2, 0.25) is 0 Å². The first kappa shape index (κ1) is 25.8. The lowest BCUT2D eigenvalue weighted by atomic mass is 9.84. The maximum absolute atomic E-state index is 13.2. The zero-order valence-corrected chi connectivity index (χ0v) is 21.3. The standard InChI is InChI=1S/C29H41N3O2/c1-22(21-29(2,3)4)19-27(33)31-24-13-14-26(32-17-9-6-10-18-32)25(20-24)28(34)30-16-15-23-11-7-5-8-12-23/h5,7-8,11-14,20,22H,6,9-10,15-19,21H2,1-4H3,(H,30,34)(H,31,33). The van der Waals surface area contributed by atoms with Crippen LogP contribution in [0.5, 0.6) is 0 Å². The number of hydrogen-bond acceptors (Lipinski definition) is 3. The fourth-order valence-corrected chi connectivity index (χ4v) is 4.91. The Balaban J connectivity index is 1.70. The third-order valence-corrected chi connectivity index (χ3v) is 6.26. The van der Waals surface area contributed by atoms with Crippen molar-refractivity contribution >= 4 is 23.2 Å². The second-order valence-corrected chi connectivity index (χ2v) is 10.9. The van der Waals surface area contributed by atoms with E-state index in [9.17, 15) is 9.59 Å². The molecule has 1 fully saturated rings. The number of amides is 2. The Morgan fingerprint density at radius 3 is 2.38 bits per heavy atom. The summed E-state index contributed by atoms with van der Waals surface area (Å²) in [6.07, 6.45) is 5.76. The summed E-state index contributed by atoms with van der Waals surface area (Å²) in [5.41, 5.74) is 3.67. The van der Waals surface area contributed by atoms with E-state index in [1.165, 1.54) is 12.0 Å². The molecule has 1 unspecified atom stereocenters. The highest BCUT2D eigenvalue weighted by atomic mass is 16.2. The minimum atomic E-state index is -0.0892. The largest absolute Gasteiger partial charge is 0.371 e. The smallest absolute Gasteiger partial charge is 0.253 e. The van der Waals surface area contributed by atoms with Crippen molar-refractivity contribution in [3.05, 3.63) is 59.7 Å². The highest BCUT2D eigenvalue weighted by Gasteiger charge is 2.21. The molecule has 5 nitrogen and oxygen atoms in total. The molecule has 0 saturated carbocycles. The fourth-order valence-electron chi connectivity index (χ4n) is 4.91. The molecule has 0 aromatic heterocycles. The SMILES string of the molecule is CC(CC(=O)Nc1ccc(N2CCCCC2)c(C(=O)NCCc2ccccc2)c1)CC(C)(C)C. The van der Waals surface area contributed by atoms with Gasteiger partial charge in [0.2, 0.25) is 5.91 Å². The van der Waals surface area contributed by atoms with Crippen molar-refractivity contribution in [3.8, 4) is 0 Å². The molecule has 2 aromatic carbocycles. The number of piperidine rings is 1. The Bertz CT molecular complexity index is 944. The molecule has 5 heteroatoms. The summed E-state index contributed by atoms with van der Waals surface area (Å²) in [5, 5.41) is 6.12. The molecule has 1 atom stereocenters. The number of carbonyl (C=O) groups excluding carboxylic acids is 2. The zero-order valence-electron chi connectivity index (χ0n) is 21.3. The molecule has 0 aliphatic carbocycles. The van der Waals surface area contributed by atoms with Crippen LogP contribution in [0.4, 0.5) is 11.4 Å². The van der Waals surface area contributed by atoms with Gasteiger partial charge in [0, 0.05) is 37.4 Å². The highest BCUT2D eigenvalue weighted by molar-refractivity contribution is 6.02. The van der Waals surface area contributed by atoms with Crippen molar-refractivity contribution in [2.24, 2.45) is 11.3 Å². The summed E-state index contributed by atoms with van der Waals surface area (Å²) in [4.78, 5) is 28.2. The number of hydrogen-bond donors (Lipinski definition) is 2. The van der Waals surface area contributed by atoms with Gasteiger partial charge >= 0.3 is 0 Å². The van der Waals surface area contributed by atoms with Gasteiger partial charge in [-0.2, -0.15) is 0 Å². The highest BCUT2D eigenvalue weighted by Crippen LogP contribution is 2.29. The Kier molecular flexibility index (Phi) is 9.14. The second kappa shape index (κ2) is 12.0. The van der Waals surface area contributed by atoms with E-state index in [2.05, 4.69) is 55.4 Å². The Morgan fingerprint density at radius 2 is 1.71 bits per heavy atom. The zero-order chi connectivity index (χ0) is 24.6. The van der Waals surface area contributed by atoms with Crippen LogP contribution in [0.1, 0.15) is 75.7 Å². The molecular formula is C29H41N3O2. The predicted molar refractivity (Wildman–Crippen MR) is 141 cm³/mol. The summed E-state index contributed by atoms with van der Waals surface area (Å²) >= 11 is 0. The topological polar surface area (TPSA) is 61.4 Å². The molecule has 1 heterocycles. The Morgan fingerprint density at radius 1 is 1.00 bits per heavy atom. The third kappa shape index (κ3) is 8.19. The Labute approximate surface area is 205 Å². The van der Waals surface area contributed by atoms with Gasteiger partial charge in [0.1, 0.15) is 0 Å². The lowest BCUT2D eigenvalue weighted by Crippen LogP contribution is -2.33. The first-order valence-corrected chi connectivity index (χ1v) is 12.7. The number of nitrogens with one attached hydrogen (secondary N) is 2. The van der Waals surface area contributed by atoms with Crippen LogP contribution in [-0.4, -0.2) is 31.4 Å². The second-order valence-electron chi connectivity index (χ2n) is 10.9. The third-order valence-electron chi connectivity index (χ3n) is 6.26. The van der Waals surface area contributed by atoms with Gasteiger partial charge in [-0.15, -0.1) is 0 Å². The van der Waals surface area contributed by atoms with Crippen LogP contribution in [0, 0.1) is 11.3 Å². The normalized spacial score (nSPS) is 15.0. The lowest BCUT2D eigenvalue weighted by molar-refractivity contribution is -0.117. The van der Waals surface area contributed by atoms with Gasteiger partial charge in [-0.05, 0) is 67.2 Å². The molecule has 184 valence electrons.